The summed E-state index contributed by atoms with van der Waals surface area (Å²) in [5.41, 5.74) is 1.41. The lowest BCUT2D eigenvalue weighted by atomic mass is 9.99. The molecule has 9 heteroatoms. The summed E-state index contributed by atoms with van der Waals surface area (Å²) < 4.78 is 36.0. The number of rotatable bonds is 4. The molecule has 8 nitrogen and oxygen atoms in total. The number of aryl methyl sites for hydroxylation is 1. The lowest BCUT2D eigenvalue weighted by Gasteiger charge is -2.39. The molecule has 144 valence electrons. The summed E-state index contributed by atoms with van der Waals surface area (Å²) in [6.07, 6.45) is 7.85. The van der Waals surface area contributed by atoms with Gasteiger partial charge in [-0.3, -0.25) is 14.6 Å². The molecule has 1 spiro atoms. The summed E-state index contributed by atoms with van der Waals surface area (Å²) in [5.74, 6) is 0. The average molecular weight is 389 g/mol. The normalized spacial score (nSPS) is 32.6. The predicted molar refractivity (Wildman–Crippen MR) is 98.1 cm³/mol. The SMILES string of the molecule is Cn1cc(CN2C[C@@H]3C[C@@H]4[C@@](C2)(CN(Cc2cccnc2)S4(=O)=O)O3)cn1. The second-order valence-corrected chi connectivity index (χ2v) is 10.0. The monoisotopic (exact) mass is 389 g/mol. The molecule has 2 aromatic heterocycles. The largest absolute Gasteiger partial charge is 0.366 e. The van der Waals surface area contributed by atoms with E-state index in [0.29, 0.717) is 26.1 Å². The lowest BCUT2D eigenvalue weighted by Crippen LogP contribution is -2.54. The van der Waals surface area contributed by atoms with Crippen molar-refractivity contribution < 1.29 is 13.2 Å². The number of fused-ring (bicyclic) bond motifs is 1. The highest BCUT2D eigenvalue weighted by molar-refractivity contribution is 7.90. The van der Waals surface area contributed by atoms with Crippen LogP contribution in [0.4, 0.5) is 0 Å². The van der Waals surface area contributed by atoms with Crippen LogP contribution >= 0.6 is 0 Å². The molecular formula is C18H23N5O3S. The Morgan fingerprint density at radius 2 is 2.15 bits per heavy atom. The predicted octanol–water partition coefficient (Wildman–Crippen LogP) is 0.373. The van der Waals surface area contributed by atoms with Gasteiger partial charge in [0.05, 0.1) is 12.3 Å². The van der Waals surface area contributed by atoms with E-state index in [1.165, 1.54) is 0 Å². The molecule has 3 aliphatic rings. The van der Waals surface area contributed by atoms with Crippen molar-refractivity contribution >= 4 is 10.0 Å². The molecule has 2 aromatic rings. The Labute approximate surface area is 158 Å². The van der Waals surface area contributed by atoms with E-state index in [-0.39, 0.29) is 6.10 Å². The average Bonchev–Trinajstić information content (AvgIpc) is 3.20. The zero-order chi connectivity index (χ0) is 18.6. The van der Waals surface area contributed by atoms with Crippen molar-refractivity contribution in [3.8, 4) is 0 Å². The van der Waals surface area contributed by atoms with Crippen LogP contribution in [0.3, 0.4) is 0 Å². The molecule has 5 heterocycles. The number of likely N-dealkylation sites (tertiary alicyclic amines) is 1. The van der Waals surface area contributed by atoms with E-state index in [0.717, 1.165) is 24.2 Å². The van der Waals surface area contributed by atoms with Crippen molar-refractivity contribution in [2.24, 2.45) is 7.05 Å². The van der Waals surface area contributed by atoms with E-state index in [2.05, 4.69) is 15.0 Å². The molecule has 0 amide bonds. The third-order valence-corrected chi connectivity index (χ3v) is 8.15. The maximum Gasteiger partial charge on any atom is 0.220 e. The van der Waals surface area contributed by atoms with E-state index >= 15 is 0 Å². The Morgan fingerprint density at radius 3 is 2.89 bits per heavy atom. The van der Waals surface area contributed by atoms with Crippen molar-refractivity contribution in [1.29, 1.82) is 0 Å². The molecule has 5 rings (SSSR count). The van der Waals surface area contributed by atoms with Crippen LogP contribution in [0.2, 0.25) is 0 Å². The van der Waals surface area contributed by atoms with Crippen molar-refractivity contribution in [2.45, 2.75) is 36.5 Å². The van der Waals surface area contributed by atoms with Crippen LogP contribution in [-0.4, -0.2) is 69.0 Å². The highest BCUT2D eigenvalue weighted by atomic mass is 32.2. The summed E-state index contributed by atoms with van der Waals surface area (Å²) in [7, 11) is -1.48. The maximum absolute atomic E-state index is 13.2. The Hall–Kier alpha value is -1.81. The number of ether oxygens (including phenoxy) is 1. The smallest absolute Gasteiger partial charge is 0.220 e. The van der Waals surface area contributed by atoms with Crippen LogP contribution < -0.4 is 0 Å². The van der Waals surface area contributed by atoms with Crippen molar-refractivity contribution in [3.63, 3.8) is 0 Å². The van der Waals surface area contributed by atoms with Crippen molar-refractivity contribution in [2.75, 3.05) is 19.6 Å². The van der Waals surface area contributed by atoms with Gasteiger partial charge in [-0.05, 0) is 18.1 Å². The third-order valence-electron chi connectivity index (χ3n) is 5.83. The van der Waals surface area contributed by atoms with Gasteiger partial charge in [-0.15, -0.1) is 0 Å². The fourth-order valence-electron chi connectivity index (χ4n) is 4.82. The topological polar surface area (TPSA) is 80.6 Å². The van der Waals surface area contributed by atoms with Crippen LogP contribution in [0.5, 0.6) is 0 Å². The quantitative estimate of drug-likeness (QED) is 0.752. The van der Waals surface area contributed by atoms with E-state index in [9.17, 15) is 8.42 Å². The van der Waals surface area contributed by atoms with Crippen molar-refractivity contribution in [3.05, 3.63) is 48.0 Å². The molecule has 0 radical (unpaired) electrons. The summed E-state index contributed by atoms with van der Waals surface area (Å²) in [5, 5.41) is 3.78. The molecule has 3 fully saturated rings. The maximum atomic E-state index is 13.2. The molecule has 0 aliphatic carbocycles. The first-order chi connectivity index (χ1) is 12.9. The number of morpholine rings is 1. The molecule has 27 heavy (non-hydrogen) atoms. The Morgan fingerprint density at radius 1 is 1.26 bits per heavy atom. The fraction of sp³-hybridized carbons (Fsp3) is 0.556. The van der Waals surface area contributed by atoms with Crippen LogP contribution in [0.15, 0.2) is 36.9 Å². The Balaban J connectivity index is 1.38. The Bertz CT molecular complexity index is 947. The van der Waals surface area contributed by atoms with Gasteiger partial charge in [0.25, 0.3) is 0 Å². The van der Waals surface area contributed by atoms with E-state index in [4.69, 9.17) is 4.74 Å². The van der Waals surface area contributed by atoms with E-state index < -0.39 is 20.9 Å². The van der Waals surface area contributed by atoms with Crippen molar-refractivity contribution in [1.82, 2.24) is 24.0 Å². The van der Waals surface area contributed by atoms with Crippen LogP contribution in [0, 0.1) is 0 Å². The molecule has 2 bridgehead atoms. The van der Waals surface area contributed by atoms with E-state index in [1.54, 1.807) is 21.4 Å². The summed E-state index contributed by atoms with van der Waals surface area (Å²) in [6, 6.07) is 3.74. The Kier molecular flexibility index (Phi) is 3.91. The zero-order valence-corrected chi connectivity index (χ0v) is 16.0. The van der Waals surface area contributed by atoms with Gasteiger partial charge in [0.1, 0.15) is 10.9 Å². The number of hydrogen-bond acceptors (Lipinski definition) is 6. The van der Waals surface area contributed by atoms with Gasteiger partial charge in [-0.1, -0.05) is 6.07 Å². The van der Waals surface area contributed by atoms with Crippen LogP contribution in [-0.2, 0) is 34.9 Å². The van der Waals surface area contributed by atoms with Crippen LogP contribution in [0.1, 0.15) is 17.5 Å². The molecular weight excluding hydrogens is 366 g/mol. The van der Waals surface area contributed by atoms with Gasteiger partial charge in [0, 0.05) is 63.9 Å². The molecule has 0 unspecified atom stereocenters. The number of aromatic nitrogens is 3. The minimum absolute atomic E-state index is 0.0178. The standard InChI is InChI=1S/C18H23N5O3S/c1-21-8-15(7-20-21)9-22-11-16-5-17-18(12-22,26-16)13-23(27(17,24)25)10-14-3-2-4-19-6-14/h2-4,6-8,16-17H,5,9-13H2,1H3/t16-,17+,18+/m0/s1. The second-order valence-electron chi connectivity index (χ2n) is 7.90. The second kappa shape index (κ2) is 6.10. The summed E-state index contributed by atoms with van der Waals surface area (Å²) in [6.45, 7) is 2.93. The highest BCUT2D eigenvalue weighted by Gasteiger charge is 2.64. The first kappa shape index (κ1) is 17.3. The zero-order valence-electron chi connectivity index (χ0n) is 15.2. The molecule has 3 aliphatic heterocycles. The molecule has 0 saturated carbocycles. The summed E-state index contributed by atoms with van der Waals surface area (Å²) >= 11 is 0. The molecule has 3 saturated heterocycles. The van der Waals surface area contributed by atoms with Crippen LogP contribution in [0.25, 0.3) is 0 Å². The van der Waals surface area contributed by atoms with Gasteiger partial charge in [0.15, 0.2) is 0 Å². The molecule has 0 N–H and O–H groups in total. The fourth-order valence-corrected chi connectivity index (χ4v) is 7.11. The van der Waals surface area contributed by atoms with Gasteiger partial charge < -0.3 is 4.74 Å². The minimum atomic E-state index is -3.38. The van der Waals surface area contributed by atoms with Gasteiger partial charge in [-0.2, -0.15) is 9.40 Å². The van der Waals surface area contributed by atoms with Gasteiger partial charge in [-0.25, -0.2) is 8.42 Å². The number of hydrogen-bond donors (Lipinski definition) is 0. The first-order valence-corrected chi connectivity index (χ1v) is 10.7. The third kappa shape index (κ3) is 2.89. The molecule has 0 aromatic carbocycles. The number of nitrogens with zero attached hydrogens (tertiary/aromatic N) is 5. The number of sulfonamides is 1. The van der Waals surface area contributed by atoms with Gasteiger partial charge in [0.2, 0.25) is 10.0 Å². The highest BCUT2D eigenvalue weighted by Crippen LogP contribution is 2.47. The van der Waals surface area contributed by atoms with Gasteiger partial charge >= 0.3 is 0 Å². The molecule has 3 atom stereocenters. The number of pyridine rings is 1. The van der Waals surface area contributed by atoms with E-state index in [1.807, 2.05) is 31.6 Å². The first-order valence-electron chi connectivity index (χ1n) is 9.20. The minimum Gasteiger partial charge on any atom is -0.366 e. The lowest BCUT2D eigenvalue weighted by molar-refractivity contribution is -0.110. The summed E-state index contributed by atoms with van der Waals surface area (Å²) in [4.78, 5) is 6.41.